The van der Waals surface area contributed by atoms with Gasteiger partial charge in [-0.05, 0) is 37.3 Å². The first-order valence-corrected chi connectivity index (χ1v) is 9.10. The molecule has 0 spiro atoms. The molecule has 1 aromatic heterocycles. The lowest BCUT2D eigenvalue weighted by molar-refractivity contribution is -0.129. The van der Waals surface area contributed by atoms with Gasteiger partial charge in [-0.3, -0.25) is 4.79 Å². The molecule has 0 aliphatic carbocycles. The van der Waals surface area contributed by atoms with Crippen LogP contribution in [0.15, 0.2) is 30.5 Å². The molecule has 1 saturated heterocycles. The van der Waals surface area contributed by atoms with E-state index in [-0.39, 0.29) is 18.1 Å². The molecule has 2 aliphatic rings. The number of nitrogens with one attached hydrogen (secondary N) is 1. The number of piperidine rings is 1. The summed E-state index contributed by atoms with van der Waals surface area (Å²) in [4.78, 5) is 14.7. The fraction of sp³-hybridized carbons (Fsp3) is 0.471. The Balaban J connectivity index is 1.30. The van der Waals surface area contributed by atoms with Crippen molar-refractivity contribution in [2.45, 2.75) is 37.8 Å². The SMILES string of the molecule is O=C(NC1CCN(c2cnsn2)CC1)[C@@H]1CCc2ccccc2O1. The van der Waals surface area contributed by atoms with Crippen LogP contribution in [0, 0.1) is 0 Å². The number of anilines is 1. The van der Waals surface area contributed by atoms with Crippen molar-refractivity contribution in [1.29, 1.82) is 0 Å². The number of rotatable bonds is 3. The number of carbonyl (C=O) groups is 1. The monoisotopic (exact) mass is 344 g/mol. The molecule has 2 aromatic rings. The van der Waals surface area contributed by atoms with Crippen LogP contribution in [-0.4, -0.2) is 39.9 Å². The van der Waals surface area contributed by atoms with Crippen LogP contribution >= 0.6 is 11.7 Å². The van der Waals surface area contributed by atoms with E-state index in [4.69, 9.17) is 4.74 Å². The van der Waals surface area contributed by atoms with E-state index < -0.39 is 0 Å². The van der Waals surface area contributed by atoms with Gasteiger partial charge in [0.25, 0.3) is 5.91 Å². The summed E-state index contributed by atoms with van der Waals surface area (Å²) in [7, 11) is 0. The van der Waals surface area contributed by atoms with Gasteiger partial charge in [0.1, 0.15) is 5.75 Å². The number of para-hydroxylation sites is 1. The summed E-state index contributed by atoms with van der Waals surface area (Å²) in [5.74, 6) is 1.80. The van der Waals surface area contributed by atoms with Crippen LogP contribution in [-0.2, 0) is 11.2 Å². The molecule has 6 nitrogen and oxygen atoms in total. The third-order valence-corrected chi connectivity index (χ3v) is 5.19. The van der Waals surface area contributed by atoms with E-state index in [0.717, 1.165) is 50.3 Å². The Labute approximate surface area is 145 Å². The van der Waals surface area contributed by atoms with Gasteiger partial charge >= 0.3 is 0 Å². The highest BCUT2D eigenvalue weighted by Gasteiger charge is 2.29. The number of fused-ring (bicyclic) bond motifs is 1. The second-order valence-electron chi connectivity index (χ2n) is 6.29. The minimum atomic E-state index is -0.374. The maximum absolute atomic E-state index is 12.5. The molecule has 2 aliphatic heterocycles. The van der Waals surface area contributed by atoms with Crippen LogP contribution in [0.4, 0.5) is 5.82 Å². The molecule has 24 heavy (non-hydrogen) atoms. The first-order chi connectivity index (χ1) is 11.8. The summed E-state index contributed by atoms with van der Waals surface area (Å²) in [5, 5.41) is 3.16. The van der Waals surface area contributed by atoms with Crippen molar-refractivity contribution in [1.82, 2.24) is 14.1 Å². The molecule has 0 radical (unpaired) electrons. The van der Waals surface area contributed by atoms with Crippen LogP contribution < -0.4 is 15.0 Å². The summed E-state index contributed by atoms with van der Waals surface area (Å²) in [6, 6.07) is 8.17. The van der Waals surface area contributed by atoms with Gasteiger partial charge in [-0.25, -0.2) is 0 Å². The van der Waals surface area contributed by atoms with E-state index >= 15 is 0 Å². The Morgan fingerprint density at radius 2 is 2.08 bits per heavy atom. The average Bonchev–Trinajstić information content (AvgIpc) is 3.16. The predicted molar refractivity (Wildman–Crippen MR) is 92.5 cm³/mol. The van der Waals surface area contributed by atoms with Crippen molar-refractivity contribution >= 4 is 23.5 Å². The summed E-state index contributed by atoms with van der Waals surface area (Å²) < 4.78 is 14.2. The molecule has 3 heterocycles. The highest BCUT2D eigenvalue weighted by Crippen LogP contribution is 2.27. The lowest BCUT2D eigenvalue weighted by atomic mass is 10.0. The molecule has 7 heteroatoms. The van der Waals surface area contributed by atoms with Gasteiger partial charge in [-0.1, -0.05) is 18.2 Å². The minimum Gasteiger partial charge on any atom is -0.480 e. The van der Waals surface area contributed by atoms with Gasteiger partial charge in [-0.2, -0.15) is 8.75 Å². The fourth-order valence-corrected chi connectivity index (χ4v) is 3.79. The van der Waals surface area contributed by atoms with E-state index in [2.05, 4.69) is 25.0 Å². The number of ether oxygens (including phenoxy) is 1. The minimum absolute atomic E-state index is 0.0123. The zero-order valence-corrected chi connectivity index (χ0v) is 14.2. The number of benzene rings is 1. The molecular formula is C17H20N4O2S. The van der Waals surface area contributed by atoms with Gasteiger partial charge in [0.05, 0.1) is 17.9 Å². The number of nitrogens with zero attached hydrogens (tertiary/aromatic N) is 3. The summed E-state index contributed by atoms with van der Waals surface area (Å²) >= 11 is 1.23. The first kappa shape index (κ1) is 15.4. The van der Waals surface area contributed by atoms with Crippen LogP contribution in [0.5, 0.6) is 5.75 Å². The normalized spacial score (nSPS) is 21.0. The second kappa shape index (κ2) is 6.76. The van der Waals surface area contributed by atoms with Gasteiger partial charge < -0.3 is 15.0 Å². The van der Waals surface area contributed by atoms with Crippen molar-refractivity contribution in [3.63, 3.8) is 0 Å². The Bertz CT molecular complexity index is 698. The number of amides is 1. The summed E-state index contributed by atoms with van der Waals surface area (Å²) in [6.45, 7) is 1.79. The molecule has 1 N–H and O–H groups in total. The Morgan fingerprint density at radius 1 is 1.25 bits per heavy atom. The van der Waals surface area contributed by atoms with Gasteiger partial charge in [0, 0.05) is 19.1 Å². The largest absolute Gasteiger partial charge is 0.480 e. The van der Waals surface area contributed by atoms with E-state index in [1.165, 1.54) is 17.3 Å². The third kappa shape index (κ3) is 3.21. The molecule has 1 amide bonds. The highest BCUT2D eigenvalue weighted by molar-refractivity contribution is 6.99. The third-order valence-electron chi connectivity index (χ3n) is 4.73. The molecule has 1 fully saturated rings. The number of aromatic nitrogens is 2. The topological polar surface area (TPSA) is 67.4 Å². The zero-order valence-electron chi connectivity index (χ0n) is 13.4. The molecule has 1 atom stereocenters. The number of hydrogen-bond donors (Lipinski definition) is 1. The Morgan fingerprint density at radius 3 is 2.88 bits per heavy atom. The number of aryl methyl sites for hydroxylation is 1. The maximum atomic E-state index is 12.5. The summed E-state index contributed by atoms with van der Waals surface area (Å²) in [5.41, 5.74) is 1.19. The van der Waals surface area contributed by atoms with Gasteiger partial charge in [0.15, 0.2) is 11.9 Å². The average molecular weight is 344 g/mol. The van der Waals surface area contributed by atoms with Gasteiger partial charge in [-0.15, -0.1) is 0 Å². The van der Waals surface area contributed by atoms with Crippen molar-refractivity contribution in [3.8, 4) is 5.75 Å². The van der Waals surface area contributed by atoms with Crippen molar-refractivity contribution < 1.29 is 9.53 Å². The Hall–Kier alpha value is -2.15. The lowest BCUT2D eigenvalue weighted by Crippen LogP contribution is -2.49. The molecule has 126 valence electrons. The van der Waals surface area contributed by atoms with Crippen molar-refractivity contribution in [3.05, 3.63) is 36.0 Å². The van der Waals surface area contributed by atoms with Crippen LogP contribution in [0.3, 0.4) is 0 Å². The first-order valence-electron chi connectivity index (χ1n) is 8.37. The maximum Gasteiger partial charge on any atom is 0.261 e. The zero-order chi connectivity index (χ0) is 16.4. The summed E-state index contributed by atoms with van der Waals surface area (Å²) in [6.07, 6.45) is 4.91. The standard InChI is InChI=1S/C17H20N4O2S/c22-17(15-6-5-12-3-1-2-4-14(12)23-15)19-13-7-9-21(10-8-13)16-11-18-24-20-16/h1-4,11,13,15H,5-10H2,(H,19,22)/t15-/m0/s1. The predicted octanol–water partition coefficient (Wildman–Crippen LogP) is 2.02. The smallest absolute Gasteiger partial charge is 0.261 e. The number of hydrogen-bond acceptors (Lipinski definition) is 6. The lowest BCUT2D eigenvalue weighted by Gasteiger charge is -2.33. The van der Waals surface area contributed by atoms with Crippen molar-refractivity contribution in [2.75, 3.05) is 18.0 Å². The molecule has 0 unspecified atom stereocenters. The van der Waals surface area contributed by atoms with E-state index in [0.29, 0.717) is 0 Å². The van der Waals surface area contributed by atoms with E-state index in [1.54, 1.807) is 6.20 Å². The molecule has 1 aromatic carbocycles. The quantitative estimate of drug-likeness (QED) is 0.923. The van der Waals surface area contributed by atoms with Crippen molar-refractivity contribution in [2.24, 2.45) is 0 Å². The van der Waals surface area contributed by atoms with Crippen LogP contribution in [0.25, 0.3) is 0 Å². The Kier molecular flexibility index (Phi) is 4.34. The fourth-order valence-electron chi connectivity index (χ4n) is 3.35. The van der Waals surface area contributed by atoms with Crippen LogP contribution in [0.1, 0.15) is 24.8 Å². The van der Waals surface area contributed by atoms with E-state index in [9.17, 15) is 4.79 Å². The van der Waals surface area contributed by atoms with E-state index in [1.807, 2.05) is 18.2 Å². The number of carbonyl (C=O) groups excluding carboxylic acids is 1. The van der Waals surface area contributed by atoms with Gasteiger partial charge in [0.2, 0.25) is 0 Å². The molecular weight excluding hydrogens is 324 g/mol. The molecule has 4 rings (SSSR count). The van der Waals surface area contributed by atoms with Crippen LogP contribution in [0.2, 0.25) is 0 Å². The molecule has 0 saturated carbocycles. The second-order valence-corrected chi connectivity index (χ2v) is 6.85. The molecule has 0 bridgehead atoms. The highest BCUT2D eigenvalue weighted by atomic mass is 32.1.